The van der Waals surface area contributed by atoms with Crippen LogP contribution in [0.1, 0.15) is 0 Å². The Morgan fingerprint density at radius 2 is 0.833 bits per heavy atom. The zero-order valence-corrected chi connectivity index (χ0v) is 4.66. The molecular formula is C2FeN2Ni. The van der Waals surface area contributed by atoms with Gasteiger partial charge in [-0.15, -0.1) is 0 Å². The van der Waals surface area contributed by atoms with Crippen LogP contribution in [0.2, 0.25) is 0 Å². The van der Waals surface area contributed by atoms with Crippen LogP contribution >= 0.6 is 0 Å². The Labute approximate surface area is 57.5 Å². The van der Waals surface area contributed by atoms with E-state index in [-0.39, 0.29) is 33.6 Å². The van der Waals surface area contributed by atoms with Gasteiger partial charge in [0.25, 0.3) is 0 Å². The van der Waals surface area contributed by atoms with Gasteiger partial charge in [0, 0.05) is 16.5 Å². The standard InChI is InChI=1S/2CN.Fe.Ni/c2*1-2;;/q2*-1;+2;. The molecule has 2 nitrogen and oxygen atoms in total. The molecule has 0 aromatic carbocycles. The van der Waals surface area contributed by atoms with Crippen LogP contribution in [0.4, 0.5) is 0 Å². The summed E-state index contributed by atoms with van der Waals surface area (Å²) < 4.78 is 0. The molecule has 0 aliphatic heterocycles. The molecule has 0 aromatic heterocycles. The third-order valence-electron chi connectivity index (χ3n) is 0. The molecule has 0 aromatic rings. The van der Waals surface area contributed by atoms with Crippen molar-refractivity contribution in [3.05, 3.63) is 13.1 Å². The Morgan fingerprint density at radius 3 is 0.833 bits per heavy atom. The van der Waals surface area contributed by atoms with Crippen LogP contribution < -0.4 is 0 Å². The maximum absolute atomic E-state index is 6.25. The van der Waals surface area contributed by atoms with E-state index in [4.69, 9.17) is 23.7 Å². The molecule has 4 heteroatoms. The molecule has 0 rings (SSSR count). The Kier molecular flexibility index (Phi) is 10100000. The van der Waals surface area contributed by atoms with Gasteiger partial charge < -0.3 is 23.7 Å². The number of hydrogen-bond donors (Lipinski definition) is 0. The Hall–Kier alpha value is -0.00701. The van der Waals surface area contributed by atoms with Crippen molar-refractivity contribution in [1.29, 1.82) is 10.5 Å². The van der Waals surface area contributed by atoms with Gasteiger partial charge in [-0.25, -0.2) is 0 Å². The summed E-state index contributed by atoms with van der Waals surface area (Å²) in [5, 5.41) is 12.5. The minimum atomic E-state index is 0. The van der Waals surface area contributed by atoms with Crippen molar-refractivity contribution in [3.63, 3.8) is 0 Å². The molecular weight excluding hydrogens is 167 g/mol. The van der Waals surface area contributed by atoms with Crippen molar-refractivity contribution in [1.82, 2.24) is 0 Å². The van der Waals surface area contributed by atoms with Crippen LogP contribution in [-0.2, 0) is 33.6 Å². The van der Waals surface area contributed by atoms with E-state index >= 15 is 0 Å². The summed E-state index contributed by atoms with van der Waals surface area (Å²) in [6, 6.07) is 0. The maximum Gasteiger partial charge on any atom is 2.00 e. The van der Waals surface area contributed by atoms with Gasteiger partial charge in [-0.3, -0.25) is 0 Å². The Morgan fingerprint density at radius 1 is 0.833 bits per heavy atom. The van der Waals surface area contributed by atoms with E-state index < -0.39 is 0 Å². The molecule has 0 spiro atoms. The third kappa shape index (κ3) is 727000. The van der Waals surface area contributed by atoms with Gasteiger partial charge >= 0.3 is 17.1 Å². The second-order valence-electron chi connectivity index (χ2n) is 0. The molecule has 0 saturated carbocycles. The molecule has 0 heterocycles. The summed E-state index contributed by atoms with van der Waals surface area (Å²) in [5.41, 5.74) is 0. The maximum atomic E-state index is 6.25. The van der Waals surface area contributed by atoms with Crippen molar-refractivity contribution in [2.24, 2.45) is 0 Å². The topological polar surface area (TPSA) is 47.6 Å². The number of nitrogens with zero attached hydrogens (tertiary/aromatic N) is 2. The molecule has 0 bridgehead atoms. The molecule has 6 heavy (non-hydrogen) atoms. The third-order valence-corrected chi connectivity index (χ3v) is 0. The van der Waals surface area contributed by atoms with Gasteiger partial charge in [-0.05, 0) is 0 Å². The number of hydrogen-bond acceptors (Lipinski definition) is 2. The van der Waals surface area contributed by atoms with Gasteiger partial charge in [0.2, 0.25) is 0 Å². The molecule has 0 radical (unpaired) electrons. The summed E-state index contributed by atoms with van der Waals surface area (Å²) in [4.78, 5) is 0. The zero-order valence-electron chi connectivity index (χ0n) is 2.56. The Balaban J connectivity index is -0.00000000500. The van der Waals surface area contributed by atoms with Crippen LogP contribution in [0.5, 0.6) is 0 Å². The van der Waals surface area contributed by atoms with Crippen LogP contribution in [0, 0.1) is 23.7 Å². The van der Waals surface area contributed by atoms with E-state index in [2.05, 4.69) is 0 Å². The fourth-order valence-corrected chi connectivity index (χ4v) is 0. The average molecular weight is 167 g/mol. The largest absolute Gasteiger partial charge is 2.00 e. The fraction of sp³-hybridized carbons (Fsp3) is 0. The smallest absolute Gasteiger partial charge is 0.512 e. The Bertz CT molecular complexity index is 27.0. The van der Waals surface area contributed by atoms with Gasteiger partial charge in [0.05, 0.1) is 0 Å². The first-order chi connectivity index (χ1) is 2.00. The first-order valence-electron chi connectivity index (χ1n) is 0.447. The molecule has 0 aliphatic rings. The van der Waals surface area contributed by atoms with Gasteiger partial charge in [-0.2, -0.15) is 0 Å². The van der Waals surface area contributed by atoms with E-state index in [0.717, 1.165) is 0 Å². The summed E-state index contributed by atoms with van der Waals surface area (Å²) in [6.07, 6.45) is 0. The fourth-order valence-electron chi connectivity index (χ4n) is 0. The van der Waals surface area contributed by atoms with Gasteiger partial charge in [0.15, 0.2) is 0 Å². The van der Waals surface area contributed by atoms with Crippen LogP contribution in [0.15, 0.2) is 0 Å². The van der Waals surface area contributed by atoms with Crippen molar-refractivity contribution >= 4 is 0 Å². The van der Waals surface area contributed by atoms with Crippen molar-refractivity contribution in [2.75, 3.05) is 0 Å². The number of rotatable bonds is 0. The normalized spacial score (nSPS) is 0.667. The second-order valence-corrected chi connectivity index (χ2v) is 0. The minimum absolute atomic E-state index is 0. The van der Waals surface area contributed by atoms with E-state index in [1.807, 2.05) is 0 Å². The van der Waals surface area contributed by atoms with E-state index in [9.17, 15) is 0 Å². The molecule has 0 saturated heterocycles. The first kappa shape index (κ1) is 37.6. The summed E-state index contributed by atoms with van der Waals surface area (Å²) in [6.45, 7) is 9.50. The second kappa shape index (κ2) is 1620000. The van der Waals surface area contributed by atoms with Crippen molar-refractivity contribution < 1.29 is 33.6 Å². The SMILES string of the molecule is [C-]#N.[C-]#N.[Fe+2].[Ni]. The molecule has 0 unspecified atom stereocenters. The van der Waals surface area contributed by atoms with Gasteiger partial charge in [-0.1, -0.05) is 0 Å². The monoisotopic (exact) mass is 166 g/mol. The molecule has 36 valence electrons. The first-order valence-corrected chi connectivity index (χ1v) is 0.447. The molecule has 0 aliphatic carbocycles. The quantitative estimate of drug-likeness (QED) is 0.381. The summed E-state index contributed by atoms with van der Waals surface area (Å²) >= 11 is 0. The van der Waals surface area contributed by atoms with E-state index in [0.29, 0.717) is 0 Å². The molecule has 0 atom stereocenters. The van der Waals surface area contributed by atoms with Crippen LogP contribution in [0.25, 0.3) is 0 Å². The zero-order chi connectivity index (χ0) is 4.00. The minimum Gasteiger partial charge on any atom is -0.512 e. The molecule has 0 fully saturated rings. The van der Waals surface area contributed by atoms with Crippen LogP contribution in [0.3, 0.4) is 0 Å². The predicted molar refractivity (Wildman–Crippen MR) is 9.94 cm³/mol. The van der Waals surface area contributed by atoms with Crippen molar-refractivity contribution in [2.45, 2.75) is 0 Å². The van der Waals surface area contributed by atoms with E-state index in [1.54, 1.807) is 0 Å². The summed E-state index contributed by atoms with van der Waals surface area (Å²) in [7, 11) is 0. The summed E-state index contributed by atoms with van der Waals surface area (Å²) in [5.74, 6) is 0. The van der Waals surface area contributed by atoms with E-state index in [1.165, 1.54) is 0 Å². The van der Waals surface area contributed by atoms with Gasteiger partial charge in [0.1, 0.15) is 0 Å². The predicted octanol–water partition coefficient (Wildman–Crippen LogP) is 0.188. The van der Waals surface area contributed by atoms with Crippen LogP contribution in [-0.4, -0.2) is 0 Å². The average Bonchev–Trinajstić information content (AvgIpc) is 1.50. The molecule has 0 N–H and O–H groups in total. The van der Waals surface area contributed by atoms with Crippen molar-refractivity contribution in [3.8, 4) is 0 Å². The molecule has 0 amide bonds.